The van der Waals surface area contributed by atoms with E-state index in [1.807, 2.05) is 0 Å². The molecule has 0 aliphatic rings. The number of nitrogens with zero attached hydrogens (tertiary/aromatic N) is 1. The fourth-order valence-electron chi connectivity index (χ4n) is 0.442. The molecule has 1 aromatic rings. The molecule has 1 heterocycles. The third-order valence-corrected chi connectivity index (χ3v) is 0.854. The Morgan fingerprint density at radius 1 is 1.50 bits per heavy atom. The predicted molar refractivity (Wildman–Crippen MR) is 28.8 cm³/mol. The van der Waals surface area contributed by atoms with Crippen LogP contribution in [-0.4, -0.2) is 0 Å². The van der Waals surface area contributed by atoms with Crippen LogP contribution in [0.3, 0.4) is 0 Å². The van der Waals surface area contributed by atoms with Gasteiger partial charge in [-0.05, 0) is 0 Å². The Morgan fingerprint density at radius 3 is 2.62 bits per heavy atom. The van der Waals surface area contributed by atoms with Crippen molar-refractivity contribution in [1.82, 2.24) is 0 Å². The molecular weight excluding hydrogens is 102 g/mol. The first-order chi connectivity index (χ1) is 3.80. The van der Waals surface area contributed by atoms with E-state index in [0.29, 0.717) is 4.73 Å². The summed E-state index contributed by atoms with van der Waals surface area (Å²) in [6, 6.07) is 4.89. The first-order valence-corrected chi connectivity index (χ1v) is 2.24. The predicted octanol–water partition coefficient (Wildman–Crippen LogP) is 0.379. The zero-order valence-electron chi connectivity index (χ0n) is 4.24. The van der Waals surface area contributed by atoms with E-state index < -0.39 is 0 Å². The summed E-state index contributed by atoms with van der Waals surface area (Å²) in [7, 11) is 0. The number of hydrogen-bond acceptors (Lipinski definition) is 1. The van der Waals surface area contributed by atoms with Crippen LogP contribution in [0.5, 0.6) is 0 Å². The second-order valence-electron chi connectivity index (χ2n) is 1.45. The average molecular weight is 107 g/mol. The first-order valence-electron chi connectivity index (χ1n) is 2.24. The molecule has 0 bridgehead atoms. The smallest absolute Gasteiger partial charge is 0.197 e. The Morgan fingerprint density at radius 2 is 2.25 bits per heavy atom. The molecule has 0 fully saturated rings. The van der Waals surface area contributed by atoms with Gasteiger partial charge in [0, 0.05) is 12.1 Å². The largest absolute Gasteiger partial charge is 0.618 e. The molecule has 40 valence electrons. The highest BCUT2D eigenvalue weighted by atomic mass is 16.5. The zero-order valence-corrected chi connectivity index (χ0v) is 4.24. The summed E-state index contributed by atoms with van der Waals surface area (Å²) in [6.45, 7) is 5.17. The van der Waals surface area contributed by atoms with Gasteiger partial charge in [0.15, 0.2) is 11.9 Å². The van der Waals surface area contributed by atoms with Gasteiger partial charge in [-0.15, -0.1) is 0 Å². The van der Waals surface area contributed by atoms with Crippen molar-refractivity contribution in [2.45, 2.75) is 0 Å². The van der Waals surface area contributed by atoms with E-state index in [-0.39, 0.29) is 5.69 Å². The quantitative estimate of drug-likeness (QED) is 0.348. The normalized spacial score (nSPS) is 9.12. The number of aromatic nitrogens is 1. The summed E-state index contributed by atoms with van der Waals surface area (Å²) < 4.78 is 0.611. The van der Waals surface area contributed by atoms with Crippen LogP contribution in [-0.2, 0) is 0 Å². The van der Waals surface area contributed by atoms with Crippen molar-refractivity contribution in [2.75, 3.05) is 0 Å². The zero-order chi connectivity index (χ0) is 5.98. The Labute approximate surface area is 48.0 Å². The fraction of sp³-hybridized carbons (Fsp3) is 0. The molecule has 0 aromatic carbocycles. The third kappa shape index (κ3) is 0.780. The van der Waals surface area contributed by atoms with Gasteiger partial charge in [0.1, 0.15) is 0 Å². The lowest BCUT2D eigenvalue weighted by molar-refractivity contribution is -0.609. The van der Waals surface area contributed by atoms with Gasteiger partial charge < -0.3 is 5.21 Å². The molecule has 0 spiro atoms. The molecule has 1 aromatic heterocycles. The number of rotatable bonds is 0. The van der Waals surface area contributed by atoms with Crippen molar-refractivity contribution in [1.29, 1.82) is 0 Å². The standard InChI is InChI=1S/C6H5NO/c1-6-4-2-3-5-7(6)8/h1-5H. The summed E-state index contributed by atoms with van der Waals surface area (Å²) in [4.78, 5) is 0. The molecule has 0 amide bonds. The maximum absolute atomic E-state index is 10.4. The first kappa shape index (κ1) is 5.09. The minimum Gasteiger partial charge on any atom is -0.618 e. The number of hydrogen-bond donors (Lipinski definition) is 0. The highest BCUT2D eigenvalue weighted by Crippen LogP contribution is 1.83. The SMILES string of the molecule is [CH]c1cccc[n+]1[O-]. The lowest BCUT2D eigenvalue weighted by Gasteiger charge is -1.94. The summed E-state index contributed by atoms with van der Waals surface area (Å²) in [5.74, 6) is 0. The van der Waals surface area contributed by atoms with Gasteiger partial charge in [-0.2, -0.15) is 4.73 Å². The lowest BCUT2D eigenvalue weighted by Crippen LogP contribution is -2.28. The van der Waals surface area contributed by atoms with E-state index >= 15 is 0 Å². The van der Waals surface area contributed by atoms with Gasteiger partial charge in [0.25, 0.3) is 0 Å². The minimum absolute atomic E-state index is 0.229. The van der Waals surface area contributed by atoms with Gasteiger partial charge >= 0.3 is 0 Å². The molecule has 2 radical (unpaired) electrons. The van der Waals surface area contributed by atoms with E-state index in [0.717, 1.165) is 0 Å². The Bertz CT molecular complexity index is 165. The molecule has 0 aliphatic heterocycles. The molecule has 0 N–H and O–H groups in total. The van der Waals surface area contributed by atoms with Crippen molar-refractivity contribution in [3.63, 3.8) is 0 Å². The van der Waals surface area contributed by atoms with Gasteiger partial charge in [0.2, 0.25) is 0 Å². The molecule has 8 heavy (non-hydrogen) atoms. The maximum Gasteiger partial charge on any atom is 0.197 e. The van der Waals surface area contributed by atoms with Crippen LogP contribution in [0.25, 0.3) is 0 Å². The van der Waals surface area contributed by atoms with Crippen LogP contribution in [0.15, 0.2) is 24.4 Å². The van der Waals surface area contributed by atoms with E-state index in [2.05, 4.69) is 0 Å². The molecule has 0 saturated carbocycles. The van der Waals surface area contributed by atoms with Crippen molar-refractivity contribution >= 4 is 0 Å². The summed E-state index contributed by atoms with van der Waals surface area (Å²) in [5, 5.41) is 10.4. The van der Waals surface area contributed by atoms with Gasteiger partial charge in [0.05, 0.1) is 6.92 Å². The van der Waals surface area contributed by atoms with Crippen LogP contribution < -0.4 is 4.73 Å². The second kappa shape index (κ2) is 1.82. The van der Waals surface area contributed by atoms with Crippen LogP contribution in [0.1, 0.15) is 5.69 Å². The number of pyridine rings is 1. The monoisotopic (exact) mass is 107 g/mol. The van der Waals surface area contributed by atoms with Crippen LogP contribution in [0.2, 0.25) is 0 Å². The molecule has 0 aliphatic carbocycles. The molecule has 0 unspecified atom stereocenters. The van der Waals surface area contributed by atoms with Gasteiger partial charge in [-0.3, -0.25) is 0 Å². The molecule has 0 saturated heterocycles. The molecular formula is C6H5NO. The fourth-order valence-corrected chi connectivity index (χ4v) is 0.442. The molecule has 2 heteroatoms. The highest BCUT2D eigenvalue weighted by Gasteiger charge is 1.90. The van der Waals surface area contributed by atoms with Crippen molar-refractivity contribution in [3.8, 4) is 0 Å². The minimum atomic E-state index is 0.229. The van der Waals surface area contributed by atoms with Crippen LogP contribution >= 0.6 is 0 Å². The Kier molecular flexibility index (Phi) is 1.16. The Hall–Kier alpha value is -1.05. The average Bonchev–Trinajstić information content (AvgIpc) is 1.77. The second-order valence-corrected chi connectivity index (χ2v) is 1.45. The molecule has 2 nitrogen and oxygen atoms in total. The van der Waals surface area contributed by atoms with Crippen molar-refractivity contribution < 1.29 is 4.73 Å². The van der Waals surface area contributed by atoms with Crippen LogP contribution in [0, 0.1) is 12.1 Å². The highest BCUT2D eigenvalue weighted by molar-refractivity contribution is 4.99. The maximum atomic E-state index is 10.4. The topological polar surface area (TPSA) is 26.9 Å². The van der Waals surface area contributed by atoms with E-state index in [9.17, 15) is 5.21 Å². The van der Waals surface area contributed by atoms with E-state index in [1.165, 1.54) is 6.20 Å². The van der Waals surface area contributed by atoms with Gasteiger partial charge in [-0.25, -0.2) is 0 Å². The Balaban J connectivity index is 3.13. The third-order valence-electron chi connectivity index (χ3n) is 0.854. The van der Waals surface area contributed by atoms with Crippen molar-refractivity contribution in [3.05, 3.63) is 42.2 Å². The molecule has 0 atom stereocenters. The summed E-state index contributed by atoms with van der Waals surface area (Å²) >= 11 is 0. The van der Waals surface area contributed by atoms with E-state index in [4.69, 9.17) is 6.92 Å². The van der Waals surface area contributed by atoms with Gasteiger partial charge in [-0.1, -0.05) is 6.07 Å². The van der Waals surface area contributed by atoms with E-state index in [1.54, 1.807) is 18.2 Å². The van der Waals surface area contributed by atoms with Crippen LogP contribution in [0.4, 0.5) is 0 Å². The summed E-state index contributed by atoms with van der Waals surface area (Å²) in [5.41, 5.74) is 0.229. The van der Waals surface area contributed by atoms with Crippen molar-refractivity contribution in [2.24, 2.45) is 0 Å². The molecule has 1 rings (SSSR count). The lowest BCUT2D eigenvalue weighted by atomic mass is 10.4. The summed E-state index contributed by atoms with van der Waals surface area (Å²) in [6.07, 6.45) is 1.36.